The summed E-state index contributed by atoms with van der Waals surface area (Å²) in [6.45, 7) is 1.01. The standard InChI is InChI=1S/C26H29NO5/c1-30-24-14-19-20(15-25(24)31-2)22-13-18(12-17-5-3-4-10-27(17)22)32-26(29)9-7-16-6-8-23(28)21(19)11-16/h6-9,11,14-15,17-18,22,28H,3-5,10,12-13H2,1-2H3/b9-7-/t17-,18+,22+/m1/s1. The average molecular weight is 436 g/mol. The van der Waals surface area contributed by atoms with Crippen molar-refractivity contribution in [3.63, 3.8) is 0 Å². The summed E-state index contributed by atoms with van der Waals surface area (Å²) in [5.74, 6) is 1.15. The zero-order chi connectivity index (χ0) is 22.2. The summed E-state index contributed by atoms with van der Waals surface area (Å²) in [7, 11) is 3.26. The number of fused-ring (bicyclic) bond motifs is 9. The molecule has 0 radical (unpaired) electrons. The van der Waals surface area contributed by atoms with Crippen LogP contribution in [0.5, 0.6) is 17.2 Å². The molecule has 5 rings (SSSR count). The number of hydrogen-bond donors (Lipinski definition) is 1. The van der Waals surface area contributed by atoms with Gasteiger partial charge in [-0.05, 0) is 66.4 Å². The molecule has 6 heteroatoms. The summed E-state index contributed by atoms with van der Waals surface area (Å²) in [6, 6.07) is 9.76. The first-order chi connectivity index (χ1) is 15.6. The highest BCUT2D eigenvalue weighted by Crippen LogP contribution is 2.47. The molecule has 0 unspecified atom stereocenters. The molecule has 4 bridgehead atoms. The van der Waals surface area contributed by atoms with E-state index < -0.39 is 0 Å². The van der Waals surface area contributed by atoms with Crippen LogP contribution in [-0.4, -0.2) is 48.9 Å². The van der Waals surface area contributed by atoms with Crippen molar-refractivity contribution in [1.82, 2.24) is 4.90 Å². The van der Waals surface area contributed by atoms with Crippen LogP contribution >= 0.6 is 0 Å². The molecule has 2 aromatic carbocycles. The van der Waals surface area contributed by atoms with Gasteiger partial charge in [-0.25, -0.2) is 4.79 Å². The van der Waals surface area contributed by atoms with Crippen LogP contribution in [0, 0.1) is 0 Å². The minimum Gasteiger partial charge on any atom is -0.507 e. The van der Waals surface area contributed by atoms with Crippen molar-refractivity contribution in [1.29, 1.82) is 0 Å². The fourth-order valence-corrected chi connectivity index (χ4v) is 5.52. The number of carbonyl (C=O) groups excluding carboxylic acids is 1. The molecule has 0 saturated carbocycles. The molecule has 32 heavy (non-hydrogen) atoms. The highest BCUT2D eigenvalue weighted by molar-refractivity contribution is 5.88. The van der Waals surface area contributed by atoms with Gasteiger partial charge in [-0.3, -0.25) is 4.90 Å². The molecule has 0 amide bonds. The maximum atomic E-state index is 12.5. The van der Waals surface area contributed by atoms with Crippen molar-refractivity contribution >= 4 is 12.0 Å². The number of phenolic OH excluding ortho intramolecular Hbond substituents is 1. The Morgan fingerprint density at radius 3 is 2.62 bits per heavy atom. The van der Waals surface area contributed by atoms with Gasteiger partial charge < -0.3 is 19.3 Å². The van der Waals surface area contributed by atoms with Crippen LogP contribution in [0.2, 0.25) is 0 Å². The largest absolute Gasteiger partial charge is 0.507 e. The molecule has 1 N–H and O–H groups in total. The Kier molecular flexibility index (Phi) is 5.55. The zero-order valence-electron chi connectivity index (χ0n) is 18.5. The first-order valence-electron chi connectivity index (χ1n) is 11.3. The molecule has 2 fully saturated rings. The molecular weight excluding hydrogens is 406 g/mol. The number of piperidine rings is 2. The Morgan fingerprint density at radius 1 is 1.00 bits per heavy atom. The lowest BCUT2D eigenvalue weighted by atomic mass is 9.81. The van der Waals surface area contributed by atoms with E-state index in [1.54, 1.807) is 32.4 Å². The third kappa shape index (κ3) is 3.73. The van der Waals surface area contributed by atoms with E-state index in [2.05, 4.69) is 4.90 Å². The smallest absolute Gasteiger partial charge is 0.331 e. The van der Waals surface area contributed by atoms with Crippen molar-refractivity contribution in [3.8, 4) is 28.4 Å². The molecule has 3 aliphatic heterocycles. The van der Waals surface area contributed by atoms with Crippen molar-refractivity contribution in [2.24, 2.45) is 0 Å². The molecule has 0 aliphatic carbocycles. The maximum Gasteiger partial charge on any atom is 0.331 e. The van der Waals surface area contributed by atoms with Crippen molar-refractivity contribution < 1.29 is 24.1 Å². The fraction of sp³-hybridized carbons (Fsp3) is 0.423. The maximum absolute atomic E-state index is 12.5. The lowest BCUT2D eigenvalue weighted by molar-refractivity contribution is -0.148. The Morgan fingerprint density at radius 2 is 1.81 bits per heavy atom. The van der Waals surface area contributed by atoms with Gasteiger partial charge in [0.15, 0.2) is 11.5 Å². The number of methoxy groups -OCH3 is 2. The van der Waals surface area contributed by atoms with Crippen LogP contribution in [0.15, 0.2) is 36.4 Å². The molecule has 3 aliphatic rings. The quantitative estimate of drug-likeness (QED) is 0.690. The minimum atomic E-state index is -0.319. The summed E-state index contributed by atoms with van der Waals surface area (Å²) in [5, 5.41) is 10.8. The number of carbonyl (C=O) groups is 1. The predicted molar refractivity (Wildman–Crippen MR) is 122 cm³/mol. The number of hydrogen-bond acceptors (Lipinski definition) is 6. The second kappa shape index (κ2) is 8.51. The van der Waals surface area contributed by atoms with Gasteiger partial charge in [0.1, 0.15) is 11.9 Å². The predicted octanol–water partition coefficient (Wildman–Crippen LogP) is 4.70. The van der Waals surface area contributed by atoms with E-state index >= 15 is 0 Å². The molecule has 3 heterocycles. The van der Waals surface area contributed by atoms with E-state index in [1.165, 1.54) is 12.5 Å². The minimum absolute atomic E-state index is 0.0492. The number of benzene rings is 2. The monoisotopic (exact) mass is 435 g/mol. The highest BCUT2D eigenvalue weighted by atomic mass is 16.5. The fourth-order valence-electron chi connectivity index (χ4n) is 5.52. The van der Waals surface area contributed by atoms with Gasteiger partial charge in [0.25, 0.3) is 0 Å². The summed E-state index contributed by atoms with van der Waals surface area (Å²) in [4.78, 5) is 15.1. The first-order valence-corrected chi connectivity index (χ1v) is 11.3. The molecule has 2 aromatic rings. The summed E-state index contributed by atoms with van der Waals surface area (Å²) >= 11 is 0. The van der Waals surface area contributed by atoms with Gasteiger partial charge in [0.2, 0.25) is 0 Å². The Balaban J connectivity index is 1.76. The van der Waals surface area contributed by atoms with Gasteiger partial charge in [-0.1, -0.05) is 12.5 Å². The average Bonchev–Trinajstić information content (AvgIpc) is 2.81. The van der Waals surface area contributed by atoms with E-state index in [0.29, 0.717) is 29.5 Å². The third-order valence-corrected chi connectivity index (χ3v) is 7.01. The number of rotatable bonds is 2. The van der Waals surface area contributed by atoms with E-state index in [4.69, 9.17) is 14.2 Å². The first kappa shape index (κ1) is 20.9. The van der Waals surface area contributed by atoms with Crippen LogP contribution in [0.4, 0.5) is 0 Å². The molecular formula is C26H29NO5. The normalized spacial score (nSPS) is 25.9. The van der Waals surface area contributed by atoms with Crippen molar-refractivity contribution in [3.05, 3.63) is 47.5 Å². The number of phenols is 1. The lowest BCUT2D eigenvalue weighted by Crippen LogP contribution is -2.49. The summed E-state index contributed by atoms with van der Waals surface area (Å²) < 4.78 is 17.2. The Hall–Kier alpha value is -2.99. The SMILES string of the molecule is COc1cc2c(cc1OC)[C@@H]1C[C@H](C[C@H]3CCCCN31)OC(=O)/C=C\c1ccc(O)c-2c1. The van der Waals surface area contributed by atoms with E-state index in [-0.39, 0.29) is 23.9 Å². The van der Waals surface area contributed by atoms with Crippen LogP contribution in [0.1, 0.15) is 49.3 Å². The molecule has 168 valence electrons. The molecule has 0 spiro atoms. The number of aromatic hydroxyl groups is 1. The topological polar surface area (TPSA) is 68.2 Å². The second-order valence-corrected chi connectivity index (χ2v) is 8.84. The molecule has 6 nitrogen and oxygen atoms in total. The van der Waals surface area contributed by atoms with Gasteiger partial charge >= 0.3 is 5.97 Å². The zero-order valence-corrected chi connectivity index (χ0v) is 18.5. The van der Waals surface area contributed by atoms with Crippen LogP contribution in [0.25, 0.3) is 17.2 Å². The van der Waals surface area contributed by atoms with E-state index in [9.17, 15) is 9.90 Å². The van der Waals surface area contributed by atoms with Gasteiger partial charge in [0.05, 0.1) is 14.2 Å². The summed E-state index contributed by atoms with van der Waals surface area (Å²) in [5.41, 5.74) is 3.51. The van der Waals surface area contributed by atoms with Crippen LogP contribution in [-0.2, 0) is 9.53 Å². The highest BCUT2D eigenvalue weighted by Gasteiger charge is 2.40. The number of ether oxygens (including phenoxy) is 3. The Labute approximate surface area is 188 Å². The van der Waals surface area contributed by atoms with E-state index in [0.717, 1.165) is 42.5 Å². The van der Waals surface area contributed by atoms with E-state index in [1.807, 2.05) is 18.2 Å². The number of esters is 1. The molecule has 2 saturated heterocycles. The van der Waals surface area contributed by atoms with Crippen LogP contribution in [0.3, 0.4) is 0 Å². The third-order valence-electron chi connectivity index (χ3n) is 7.01. The lowest BCUT2D eigenvalue weighted by Gasteiger charge is -2.48. The van der Waals surface area contributed by atoms with Gasteiger partial charge in [0, 0.05) is 36.6 Å². The van der Waals surface area contributed by atoms with Crippen molar-refractivity contribution in [2.45, 2.75) is 50.3 Å². The second-order valence-electron chi connectivity index (χ2n) is 8.84. The van der Waals surface area contributed by atoms with Gasteiger partial charge in [-0.2, -0.15) is 0 Å². The van der Waals surface area contributed by atoms with Crippen molar-refractivity contribution in [2.75, 3.05) is 20.8 Å². The molecule has 3 atom stereocenters. The van der Waals surface area contributed by atoms with Crippen LogP contribution < -0.4 is 9.47 Å². The van der Waals surface area contributed by atoms with Gasteiger partial charge in [-0.15, -0.1) is 0 Å². The summed E-state index contributed by atoms with van der Waals surface area (Å²) in [6.07, 6.45) is 8.08. The molecule has 0 aromatic heterocycles. The number of nitrogens with zero attached hydrogens (tertiary/aromatic N) is 1. The Bertz CT molecular complexity index is 1060.